The number of hydrogen-bond donors (Lipinski definition) is 0. The molecule has 2 aliphatic carbocycles. The first kappa shape index (κ1) is 38.3. The summed E-state index contributed by atoms with van der Waals surface area (Å²) in [6, 6.07) is 72.3. The standard InChI is InChI=1S/C63H45NO2/c1-63(2)55-19-11-9-17-50(55)51-35-34-49(38-56(51)63)64(47-30-25-43(26-31-47)41-15-7-4-8-16-41)48-32-27-44(28-33-48)46-29-36-58-53(37-46)54-39-59-61(52-18-10-12-20-57(52)65-59)60(62(54)66-58)45-23-21-42(22-24-45)40-13-5-3-6-14-40/h3-25,27-30,32-39H,26,31H2,1-2H3. The lowest BCUT2D eigenvalue weighted by atomic mass is 9.82. The van der Waals surface area contributed by atoms with Gasteiger partial charge in [-0.1, -0.05) is 172 Å². The number of para-hydroxylation sites is 1. The molecule has 3 nitrogen and oxygen atoms in total. The van der Waals surface area contributed by atoms with Crippen molar-refractivity contribution in [2.24, 2.45) is 0 Å². The first-order chi connectivity index (χ1) is 32.5. The Morgan fingerprint density at radius 3 is 1.82 bits per heavy atom. The quantitative estimate of drug-likeness (QED) is 0.160. The summed E-state index contributed by atoms with van der Waals surface area (Å²) >= 11 is 0. The van der Waals surface area contributed by atoms with Gasteiger partial charge in [-0.05, 0) is 129 Å². The van der Waals surface area contributed by atoms with Gasteiger partial charge in [-0.3, -0.25) is 0 Å². The molecular weight excluding hydrogens is 803 g/mol. The van der Waals surface area contributed by atoms with Gasteiger partial charge in [-0.15, -0.1) is 0 Å². The molecule has 13 rings (SSSR count). The van der Waals surface area contributed by atoms with Crippen LogP contribution in [0.2, 0.25) is 0 Å². The Morgan fingerprint density at radius 1 is 0.409 bits per heavy atom. The number of anilines is 2. The average Bonchev–Trinajstić information content (AvgIpc) is 4.01. The predicted octanol–water partition coefficient (Wildman–Crippen LogP) is 17.7. The maximum atomic E-state index is 6.88. The van der Waals surface area contributed by atoms with E-state index < -0.39 is 0 Å². The Kier molecular flexibility index (Phi) is 8.69. The molecule has 0 amide bonds. The molecule has 9 aromatic carbocycles. The van der Waals surface area contributed by atoms with Crippen LogP contribution in [-0.4, -0.2) is 0 Å². The highest BCUT2D eigenvalue weighted by atomic mass is 16.3. The van der Waals surface area contributed by atoms with Gasteiger partial charge in [-0.2, -0.15) is 0 Å². The zero-order valence-electron chi connectivity index (χ0n) is 36.9. The van der Waals surface area contributed by atoms with Crippen LogP contribution in [-0.2, 0) is 5.41 Å². The van der Waals surface area contributed by atoms with Crippen LogP contribution in [0.25, 0.3) is 94.0 Å². The summed E-state index contributed by atoms with van der Waals surface area (Å²) in [6.45, 7) is 4.72. The summed E-state index contributed by atoms with van der Waals surface area (Å²) in [7, 11) is 0. The SMILES string of the molecule is CC1(C)c2ccccc2-c2ccc(N(C3=CC=C(c4ccccc4)CC3)c3ccc(-c4ccc5oc6c(-c7ccc(-c8ccccc8)cc7)c7c(cc6c5c4)oc4ccccc47)cc3)cc21. The molecule has 2 aromatic heterocycles. The number of hydrogen-bond acceptors (Lipinski definition) is 3. The lowest BCUT2D eigenvalue weighted by Gasteiger charge is -2.31. The van der Waals surface area contributed by atoms with Crippen molar-refractivity contribution in [3.63, 3.8) is 0 Å². The van der Waals surface area contributed by atoms with Crippen LogP contribution in [0.3, 0.4) is 0 Å². The molecule has 0 aliphatic heterocycles. The third-order valence-electron chi connectivity index (χ3n) is 14.2. The zero-order chi connectivity index (χ0) is 43.9. The average molecular weight is 848 g/mol. The number of allylic oxidation sites excluding steroid dienone is 4. The molecule has 0 fully saturated rings. The van der Waals surface area contributed by atoms with Crippen LogP contribution in [0.5, 0.6) is 0 Å². The molecule has 0 saturated heterocycles. The van der Waals surface area contributed by atoms with E-state index >= 15 is 0 Å². The second-order valence-corrected chi connectivity index (χ2v) is 18.4. The minimum absolute atomic E-state index is 0.0986. The number of fused-ring (bicyclic) bond motifs is 9. The van der Waals surface area contributed by atoms with Gasteiger partial charge in [0, 0.05) is 49.6 Å². The largest absolute Gasteiger partial charge is 0.456 e. The molecule has 3 heteroatoms. The normalized spacial score (nSPS) is 14.1. The number of rotatable bonds is 7. The second kappa shape index (κ2) is 15.0. The highest BCUT2D eigenvalue weighted by Gasteiger charge is 2.36. The van der Waals surface area contributed by atoms with Crippen molar-refractivity contribution in [2.45, 2.75) is 32.1 Å². The first-order valence-electron chi connectivity index (χ1n) is 23.0. The topological polar surface area (TPSA) is 29.5 Å². The maximum Gasteiger partial charge on any atom is 0.144 e. The summed E-state index contributed by atoms with van der Waals surface area (Å²) in [5.74, 6) is 0. The highest BCUT2D eigenvalue weighted by molar-refractivity contribution is 6.23. The van der Waals surface area contributed by atoms with Crippen molar-refractivity contribution in [1.29, 1.82) is 0 Å². The third-order valence-corrected chi connectivity index (χ3v) is 14.2. The number of furan rings is 2. The van der Waals surface area contributed by atoms with Crippen molar-refractivity contribution in [3.8, 4) is 44.5 Å². The summed E-state index contributed by atoms with van der Waals surface area (Å²) in [4.78, 5) is 2.47. The zero-order valence-corrected chi connectivity index (χ0v) is 36.9. The highest BCUT2D eigenvalue weighted by Crippen LogP contribution is 2.51. The maximum absolute atomic E-state index is 6.88. The molecule has 314 valence electrons. The van der Waals surface area contributed by atoms with E-state index in [0.29, 0.717) is 0 Å². The third kappa shape index (κ3) is 6.11. The summed E-state index contributed by atoms with van der Waals surface area (Å²) < 4.78 is 13.5. The van der Waals surface area contributed by atoms with Crippen molar-refractivity contribution >= 4 is 60.8 Å². The van der Waals surface area contributed by atoms with E-state index in [0.717, 1.165) is 84.7 Å². The Labute approximate surface area is 384 Å². The van der Waals surface area contributed by atoms with E-state index in [9.17, 15) is 0 Å². The molecular formula is C63H45NO2. The van der Waals surface area contributed by atoms with Gasteiger partial charge in [0.15, 0.2) is 0 Å². The molecule has 0 bridgehead atoms. The molecule has 0 unspecified atom stereocenters. The van der Waals surface area contributed by atoms with E-state index in [1.807, 2.05) is 12.1 Å². The molecule has 2 aliphatic rings. The van der Waals surface area contributed by atoms with E-state index in [4.69, 9.17) is 8.83 Å². The van der Waals surface area contributed by atoms with Crippen molar-refractivity contribution in [2.75, 3.05) is 4.90 Å². The van der Waals surface area contributed by atoms with Crippen molar-refractivity contribution < 1.29 is 8.83 Å². The van der Waals surface area contributed by atoms with Crippen molar-refractivity contribution in [3.05, 3.63) is 235 Å². The summed E-state index contributed by atoms with van der Waals surface area (Å²) in [5, 5.41) is 4.25. The predicted molar refractivity (Wildman–Crippen MR) is 275 cm³/mol. The Balaban J connectivity index is 0.911. The van der Waals surface area contributed by atoms with E-state index in [2.05, 4.69) is 219 Å². The van der Waals surface area contributed by atoms with Gasteiger partial charge in [0.1, 0.15) is 22.3 Å². The Morgan fingerprint density at radius 2 is 1.03 bits per heavy atom. The monoisotopic (exact) mass is 847 g/mol. The molecule has 0 radical (unpaired) electrons. The van der Waals surface area contributed by atoms with Gasteiger partial charge in [-0.25, -0.2) is 0 Å². The minimum Gasteiger partial charge on any atom is -0.456 e. The molecule has 11 aromatic rings. The number of benzene rings is 9. The van der Waals surface area contributed by atoms with E-state index in [1.165, 1.54) is 55.9 Å². The fourth-order valence-corrected chi connectivity index (χ4v) is 10.8. The van der Waals surface area contributed by atoms with Crippen LogP contribution in [0.4, 0.5) is 11.4 Å². The second-order valence-electron chi connectivity index (χ2n) is 18.4. The number of nitrogens with zero attached hydrogens (tertiary/aromatic N) is 1. The van der Waals surface area contributed by atoms with Gasteiger partial charge < -0.3 is 13.7 Å². The van der Waals surface area contributed by atoms with Gasteiger partial charge in [0.25, 0.3) is 0 Å². The molecule has 0 atom stereocenters. The molecule has 0 saturated carbocycles. The van der Waals surface area contributed by atoms with Crippen LogP contribution in [0, 0.1) is 0 Å². The summed E-state index contributed by atoms with van der Waals surface area (Å²) in [6.07, 6.45) is 6.56. The van der Waals surface area contributed by atoms with Crippen LogP contribution in [0.15, 0.2) is 227 Å². The van der Waals surface area contributed by atoms with Crippen molar-refractivity contribution in [1.82, 2.24) is 0 Å². The van der Waals surface area contributed by atoms with Crippen LogP contribution >= 0.6 is 0 Å². The first-order valence-corrected chi connectivity index (χ1v) is 23.0. The molecule has 2 heterocycles. The minimum atomic E-state index is -0.0986. The van der Waals surface area contributed by atoms with Gasteiger partial charge in [0.05, 0.1) is 0 Å². The smallest absolute Gasteiger partial charge is 0.144 e. The molecule has 66 heavy (non-hydrogen) atoms. The Bertz CT molecular complexity index is 3750. The van der Waals surface area contributed by atoms with E-state index in [1.54, 1.807) is 0 Å². The lowest BCUT2D eigenvalue weighted by Crippen LogP contribution is -2.20. The van der Waals surface area contributed by atoms with Crippen LogP contribution in [0.1, 0.15) is 43.4 Å². The van der Waals surface area contributed by atoms with Gasteiger partial charge >= 0.3 is 0 Å². The fraction of sp³-hybridized carbons (Fsp3) is 0.0794. The Hall–Kier alpha value is -8.14. The van der Waals surface area contributed by atoms with E-state index in [-0.39, 0.29) is 5.41 Å². The summed E-state index contributed by atoms with van der Waals surface area (Å²) in [5.41, 5.74) is 21.8. The molecule has 0 spiro atoms. The molecule has 0 N–H and O–H groups in total. The lowest BCUT2D eigenvalue weighted by molar-refractivity contribution is 0.660. The van der Waals surface area contributed by atoms with Crippen LogP contribution < -0.4 is 4.90 Å². The fourth-order valence-electron chi connectivity index (χ4n) is 10.8. The van der Waals surface area contributed by atoms with Gasteiger partial charge in [0.2, 0.25) is 0 Å².